The number of benzene rings is 2. The average molecular weight is 545 g/mol. The van der Waals surface area contributed by atoms with Crippen molar-refractivity contribution in [2.45, 2.75) is 38.4 Å². The van der Waals surface area contributed by atoms with Crippen molar-refractivity contribution >= 4 is 40.0 Å². The van der Waals surface area contributed by atoms with Crippen LogP contribution in [0.25, 0.3) is 10.9 Å². The van der Waals surface area contributed by atoms with Crippen LogP contribution in [-0.4, -0.2) is 72.0 Å². The molecule has 0 radical (unpaired) electrons. The molecule has 1 atom stereocenters. The Morgan fingerprint density at radius 3 is 2.82 bits per heavy atom. The third-order valence-corrected chi connectivity index (χ3v) is 6.63. The maximum absolute atomic E-state index is 13.6. The number of morpholine rings is 1. The fourth-order valence-electron chi connectivity index (χ4n) is 4.65. The number of esters is 1. The molecule has 0 aliphatic carbocycles. The third kappa shape index (κ3) is 6.43. The van der Waals surface area contributed by atoms with Gasteiger partial charge in [-0.05, 0) is 51.0 Å². The van der Waals surface area contributed by atoms with E-state index in [0.717, 1.165) is 19.4 Å². The second-order valence-corrected chi connectivity index (χ2v) is 10.4. The van der Waals surface area contributed by atoms with Crippen molar-refractivity contribution in [2.75, 3.05) is 44.8 Å². The number of halogens is 2. The van der Waals surface area contributed by atoms with Crippen LogP contribution in [0, 0.1) is 5.82 Å². The number of ether oxygens (including phenoxy) is 4. The number of nitrogens with zero attached hydrogens (tertiary/aromatic N) is 3. The lowest BCUT2D eigenvalue weighted by Gasteiger charge is -2.37. The Morgan fingerprint density at radius 1 is 1.21 bits per heavy atom. The van der Waals surface area contributed by atoms with Crippen molar-refractivity contribution in [1.29, 1.82) is 0 Å². The van der Waals surface area contributed by atoms with Crippen LogP contribution in [0.2, 0.25) is 5.02 Å². The minimum Gasteiger partial charge on any atom is -0.488 e. The van der Waals surface area contributed by atoms with Crippen molar-refractivity contribution < 1.29 is 28.1 Å². The average Bonchev–Trinajstić information content (AvgIpc) is 3.38. The van der Waals surface area contributed by atoms with Crippen LogP contribution in [0.1, 0.15) is 26.7 Å². The molecule has 0 bridgehead atoms. The number of hydrogen-bond acceptors (Lipinski definition) is 9. The number of hydrogen-bond donors (Lipinski definition) is 1. The molecule has 9 nitrogen and oxygen atoms in total. The summed E-state index contributed by atoms with van der Waals surface area (Å²) in [5.74, 6) is 0.832. The van der Waals surface area contributed by atoms with Gasteiger partial charge in [0.25, 0.3) is 0 Å². The van der Waals surface area contributed by atoms with E-state index in [9.17, 15) is 9.18 Å². The molecule has 2 aromatic carbocycles. The van der Waals surface area contributed by atoms with E-state index >= 15 is 0 Å². The predicted octanol–water partition coefficient (Wildman–Crippen LogP) is 4.74. The zero-order chi connectivity index (χ0) is 26.7. The maximum atomic E-state index is 13.6. The Bertz CT molecular complexity index is 1320. The van der Waals surface area contributed by atoms with Gasteiger partial charge >= 0.3 is 5.97 Å². The Kier molecular flexibility index (Phi) is 7.83. The highest BCUT2D eigenvalue weighted by molar-refractivity contribution is 6.31. The van der Waals surface area contributed by atoms with Gasteiger partial charge in [0.15, 0.2) is 11.5 Å². The number of anilines is 2. The highest BCUT2D eigenvalue weighted by Gasteiger charge is 2.32. The molecule has 1 N–H and O–H groups in total. The van der Waals surface area contributed by atoms with Crippen LogP contribution in [0.4, 0.5) is 15.9 Å². The lowest BCUT2D eigenvalue weighted by Crippen LogP contribution is -2.51. The van der Waals surface area contributed by atoms with Gasteiger partial charge in [0.2, 0.25) is 0 Å². The molecule has 3 heterocycles. The molecule has 2 saturated heterocycles. The molecule has 1 unspecified atom stereocenters. The molecule has 0 saturated carbocycles. The van der Waals surface area contributed by atoms with Crippen LogP contribution in [0.5, 0.6) is 11.5 Å². The summed E-state index contributed by atoms with van der Waals surface area (Å²) in [6.07, 6.45) is 3.40. The second kappa shape index (κ2) is 11.3. The lowest BCUT2D eigenvalue weighted by atomic mass is 10.1. The van der Waals surface area contributed by atoms with E-state index in [4.69, 9.17) is 30.5 Å². The molecule has 2 aliphatic rings. The molecule has 2 aliphatic heterocycles. The Hall–Kier alpha value is -3.21. The first-order valence-corrected chi connectivity index (χ1v) is 13.0. The highest BCUT2D eigenvalue weighted by atomic mass is 35.5. The number of cyclic esters (lactones) is 1. The maximum Gasteiger partial charge on any atom is 0.320 e. The van der Waals surface area contributed by atoms with Gasteiger partial charge in [-0.1, -0.05) is 11.6 Å². The van der Waals surface area contributed by atoms with E-state index in [1.54, 1.807) is 12.1 Å². The zero-order valence-electron chi connectivity index (χ0n) is 21.3. The third-order valence-electron chi connectivity index (χ3n) is 6.34. The van der Waals surface area contributed by atoms with Crippen LogP contribution in [-0.2, 0) is 14.3 Å². The number of aromatic nitrogens is 2. The monoisotopic (exact) mass is 544 g/mol. The minimum atomic E-state index is -0.539. The topological polar surface area (TPSA) is 95.0 Å². The Labute approximate surface area is 225 Å². The van der Waals surface area contributed by atoms with E-state index in [0.29, 0.717) is 60.2 Å². The fraction of sp³-hybridized carbons (Fsp3) is 0.444. The van der Waals surface area contributed by atoms with E-state index in [2.05, 4.69) is 15.3 Å². The molecule has 3 aromatic rings. The molecular formula is C27H30ClFN4O5. The SMILES string of the molecule is CC1(C)CN(CCOc2cc3ncnc(Nc4ccc(F)c(Cl)c4)c3cc2OCC2CCCO2)CC(=O)O1. The fourth-order valence-corrected chi connectivity index (χ4v) is 4.83. The van der Waals surface area contributed by atoms with Crippen LogP contribution >= 0.6 is 11.6 Å². The van der Waals surface area contributed by atoms with Gasteiger partial charge in [0, 0.05) is 36.8 Å². The molecule has 38 heavy (non-hydrogen) atoms. The number of fused-ring (bicyclic) bond motifs is 1. The molecular weight excluding hydrogens is 515 g/mol. The van der Waals surface area contributed by atoms with Crippen LogP contribution < -0.4 is 14.8 Å². The normalized spacial score (nSPS) is 19.4. The number of carbonyl (C=O) groups is 1. The molecule has 202 valence electrons. The molecule has 2 fully saturated rings. The summed E-state index contributed by atoms with van der Waals surface area (Å²) in [4.78, 5) is 22.7. The van der Waals surface area contributed by atoms with Crippen molar-refractivity contribution in [3.63, 3.8) is 0 Å². The number of carbonyl (C=O) groups excluding carboxylic acids is 1. The van der Waals surface area contributed by atoms with Crippen molar-refractivity contribution in [3.8, 4) is 11.5 Å². The predicted molar refractivity (Wildman–Crippen MR) is 141 cm³/mol. The van der Waals surface area contributed by atoms with Crippen molar-refractivity contribution in [3.05, 3.63) is 47.5 Å². The first-order valence-electron chi connectivity index (χ1n) is 12.6. The van der Waals surface area contributed by atoms with E-state index in [-0.39, 0.29) is 23.6 Å². The van der Waals surface area contributed by atoms with Gasteiger partial charge in [-0.2, -0.15) is 0 Å². The molecule has 0 amide bonds. The van der Waals surface area contributed by atoms with Gasteiger partial charge in [-0.15, -0.1) is 0 Å². The van der Waals surface area contributed by atoms with E-state index in [1.165, 1.54) is 18.5 Å². The standard InChI is InChI=1S/C27H30ClFN4O5/c1-27(2)15-33(13-25(34)38-27)7-9-36-24-12-22-19(11-23(24)37-14-18-4-3-8-35-18)26(31-16-30-22)32-17-5-6-21(29)20(28)10-17/h5-6,10-12,16,18H,3-4,7-9,13-15H2,1-2H3,(H,30,31,32). The number of rotatable bonds is 9. The smallest absolute Gasteiger partial charge is 0.320 e. The quantitative estimate of drug-likeness (QED) is 0.383. The second-order valence-electron chi connectivity index (χ2n) is 10.0. The van der Waals surface area contributed by atoms with E-state index in [1.807, 2.05) is 24.8 Å². The molecule has 5 rings (SSSR count). The van der Waals surface area contributed by atoms with E-state index < -0.39 is 11.4 Å². The van der Waals surface area contributed by atoms with Crippen molar-refractivity contribution in [2.24, 2.45) is 0 Å². The summed E-state index contributed by atoms with van der Waals surface area (Å²) in [6, 6.07) is 8.00. The van der Waals surface area contributed by atoms with Gasteiger partial charge in [-0.25, -0.2) is 14.4 Å². The molecule has 1 aromatic heterocycles. The lowest BCUT2D eigenvalue weighted by molar-refractivity contribution is -0.169. The highest BCUT2D eigenvalue weighted by Crippen LogP contribution is 2.36. The summed E-state index contributed by atoms with van der Waals surface area (Å²) < 4.78 is 37.1. The summed E-state index contributed by atoms with van der Waals surface area (Å²) in [7, 11) is 0. The van der Waals surface area contributed by atoms with Crippen LogP contribution in [0.15, 0.2) is 36.7 Å². The minimum absolute atomic E-state index is 0.00925. The largest absolute Gasteiger partial charge is 0.488 e. The first kappa shape index (κ1) is 26.4. The summed E-state index contributed by atoms with van der Waals surface area (Å²) >= 11 is 5.95. The van der Waals surface area contributed by atoms with Gasteiger partial charge in [0.05, 0.1) is 23.2 Å². The number of nitrogens with one attached hydrogen (secondary N) is 1. The van der Waals surface area contributed by atoms with Crippen LogP contribution in [0.3, 0.4) is 0 Å². The van der Waals surface area contributed by atoms with Gasteiger partial charge in [0.1, 0.15) is 36.8 Å². The molecule has 11 heteroatoms. The summed E-state index contributed by atoms with van der Waals surface area (Å²) in [5, 5.41) is 3.89. The Morgan fingerprint density at radius 2 is 2.05 bits per heavy atom. The first-order chi connectivity index (χ1) is 18.3. The summed E-state index contributed by atoms with van der Waals surface area (Å²) in [6.45, 7) is 6.64. The zero-order valence-corrected chi connectivity index (χ0v) is 22.1. The van der Waals surface area contributed by atoms with Crippen molar-refractivity contribution in [1.82, 2.24) is 14.9 Å². The molecule has 0 spiro atoms. The van der Waals surface area contributed by atoms with Gasteiger partial charge in [-0.3, -0.25) is 9.69 Å². The Balaban J connectivity index is 1.37. The summed E-state index contributed by atoms with van der Waals surface area (Å²) in [5.41, 5.74) is 0.683. The van der Waals surface area contributed by atoms with Gasteiger partial charge < -0.3 is 24.3 Å².